The van der Waals surface area contributed by atoms with E-state index in [9.17, 15) is 4.39 Å². The molecule has 0 amide bonds. The summed E-state index contributed by atoms with van der Waals surface area (Å²) < 4.78 is 16.6. The van der Waals surface area contributed by atoms with E-state index in [0.29, 0.717) is 40.6 Å². The van der Waals surface area contributed by atoms with Gasteiger partial charge in [-0.2, -0.15) is 5.10 Å². The number of halogens is 1. The number of likely N-dealkylation sites (tertiary alicyclic amines) is 1. The molecule has 0 spiro atoms. The van der Waals surface area contributed by atoms with Gasteiger partial charge in [0.25, 0.3) is 0 Å². The zero-order chi connectivity index (χ0) is 19.7. The van der Waals surface area contributed by atoms with Crippen LogP contribution in [0.1, 0.15) is 24.5 Å². The van der Waals surface area contributed by atoms with Crippen molar-refractivity contribution in [3.05, 3.63) is 42.1 Å². The lowest BCUT2D eigenvalue weighted by Crippen LogP contribution is -2.35. The highest BCUT2D eigenvalue weighted by Crippen LogP contribution is 2.37. The first-order chi connectivity index (χ1) is 13.6. The Labute approximate surface area is 163 Å². The molecule has 0 aliphatic carbocycles. The molecule has 0 bridgehead atoms. The Balaban J connectivity index is 1.77. The van der Waals surface area contributed by atoms with E-state index in [1.807, 2.05) is 16.6 Å². The minimum Gasteiger partial charge on any atom is -0.395 e. The van der Waals surface area contributed by atoms with Gasteiger partial charge in [-0.25, -0.2) is 13.9 Å². The third-order valence-corrected chi connectivity index (χ3v) is 5.58. The quantitative estimate of drug-likeness (QED) is 0.625. The first kappa shape index (κ1) is 18.6. The predicted octanol–water partition coefficient (Wildman–Crippen LogP) is 2.33. The number of fused-ring (bicyclic) bond motifs is 1. The Morgan fingerprint density at radius 2 is 2.04 bits per heavy atom. The van der Waals surface area contributed by atoms with E-state index < -0.39 is 0 Å². The fourth-order valence-electron chi connectivity index (χ4n) is 4.07. The lowest BCUT2D eigenvalue weighted by molar-refractivity contribution is 0.163. The maximum absolute atomic E-state index is 14.8. The highest BCUT2D eigenvalue weighted by atomic mass is 19.1. The van der Waals surface area contributed by atoms with Crippen molar-refractivity contribution in [3.8, 4) is 11.1 Å². The number of nitrogens with one attached hydrogen (secondary N) is 1. The van der Waals surface area contributed by atoms with Crippen LogP contribution in [0.5, 0.6) is 0 Å². The van der Waals surface area contributed by atoms with Crippen molar-refractivity contribution in [2.24, 2.45) is 0 Å². The van der Waals surface area contributed by atoms with Crippen molar-refractivity contribution in [2.45, 2.75) is 18.8 Å². The van der Waals surface area contributed by atoms with Crippen LogP contribution in [0.15, 0.2) is 30.6 Å². The Bertz CT molecular complexity index is 980. The normalized spacial score (nSPS) is 16.0. The van der Waals surface area contributed by atoms with Gasteiger partial charge < -0.3 is 21.1 Å². The number of nitrogens with two attached hydrogens (primary N) is 1. The summed E-state index contributed by atoms with van der Waals surface area (Å²) in [5.74, 6) is 0.322. The summed E-state index contributed by atoms with van der Waals surface area (Å²) in [6, 6.07) is 7.08. The average molecular weight is 384 g/mol. The number of hydrogen-bond donors (Lipinski definition) is 3. The lowest BCUT2D eigenvalue weighted by Gasteiger charge is -2.31. The first-order valence-electron chi connectivity index (χ1n) is 9.55. The van der Waals surface area contributed by atoms with E-state index >= 15 is 0 Å². The second-order valence-electron chi connectivity index (χ2n) is 7.17. The van der Waals surface area contributed by atoms with Crippen LogP contribution < -0.4 is 11.1 Å². The highest BCUT2D eigenvalue weighted by molar-refractivity contribution is 5.89. The van der Waals surface area contributed by atoms with Gasteiger partial charge in [0.2, 0.25) is 0 Å². The van der Waals surface area contributed by atoms with Gasteiger partial charge in [-0.05, 0) is 50.2 Å². The largest absolute Gasteiger partial charge is 0.395 e. The van der Waals surface area contributed by atoms with Gasteiger partial charge in [0.05, 0.1) is 6.61 Å². The number of aromatic nitrogens is 3. The van der Waals surface area contributed by atoms with E-state index in [0.717, 1.165) is 31.6 Å². The molecule has 0 atom stereocenters. The molecule has 3 aromatic rings. The van der Waals surface area contributed by atoms with Gasteiger partial charge in [0.1, 0.15) is 17.7 Å². The second kappa shape index (κ2) is 7.73. The molecule has 8 heteroatoms. The highest BCUT2D eigenvalue weighted by Gasteiger charge is 2.26. The van der Waals surface area contributed by atoms with Crippen molar-refractivity contribution in [1.29, 1.82) is 0 Å². The number of anilines is 2. The molecule has 1 fully saturated rings. The molecule has 1 aliphatic heterocycles. The van der Waals surface area contributed by atoms with Crippen LogP contribution in [0.2, 0.25) is 0 Å². The van der Waals surface area contributed by atoms with Crippen LogP contribution in [0.4, 0.5) is 15.9 Å². The molecule has 7 nitrogen and oxygen atoms in total. The van der Waals surface area contributed by atoms with E-state index in [1.54, 1.807) is 13.1 Å². The SMILES string of the molecule is CNc1ccc(-c2cc(C3CCN(CCO)CC3)n3ncnc(N)c23)c(F)c1. The van der Waals surface area contributed by atoms with Crippen LogP contribution in [0, 0.1) is 5.82 Å². The van der Waals surface area contributed by atoms with Gasteiger partial charge in [-0.15, -0.1) is 0 Å². The summed E-state index contributed by atoms with van der Waals surface area (Å²) in [4.78, 5) is 6.38. The van der Waals surface area contributed by atoms with Crippen molar-refractivity contribution < 1.29 is 9.50 Å². The summed E-state index contributed by atoms with van der Waals surface area (Å²) in [6.07, 6.45) is 3.35. The molecule has 4 rings (SSSR count). The Hall–Kier alpha value is -2.71. The number of β-amino-alcohol motifs (C(OH)–C–C–N with tert-alkyl or cyclic N) is 1. The fraction of sp³-hybridized carbons (Fsp3) is 0.400. The van der Waals surface area contributed by atoms with Crippen molar-refractivity contribution in [3.63, 3.8) is 0 Å². The van der Waals surface area contributed by atoms with Gasteiger partial charge in [-0.3, -0.25) is 0 Å². The Morgan fingerprint density at radius 1 is 1.25 bits per heavy atom. The molecule has 1 aliphatic rings. The molecule has 0 saturated carbocycles. The molecule has 28 heavy (non-hydrogen) atoms. The Kier molecular flexibility index (Phi) is 5.15. The fourth-order valence-corrected chi connectivity index (χ4v) is 4.07. The maximum atomic E-state index is 14.8. The number of rotatable bonds is 5. The van der Waals surface area contributed by atoms with Gasteiger partial charge in [0, 0.05) is 42.0 Å². The summed E-state index contributed by atoms with van der Waals surface area (Å²) in [6.45, 7) is 2.71. The number of benzene rings is 1. The molecule has 4 N–H and O–H groups in total. The molecule has 0 unspecified atom stereocenters. The zero-order valence-corrected chi connectivity index (χ0v) is 15.9. The Morgan fingerprint density at radius 3 is 2.71 bits per heavy atom. The van der Waals surface area contributed by atoms with Crippen molar-refractivity contribution in [2.75, 3.05) is 44.3 Å². The van der Waals surface area contributed by atoms with Crippen molar-refractivity contribution in [1.82, 2.24) is 19.5 Å². The number of nitrogens with zero attached hydrogens (tertiary/aromatic N) is 4. The van der Waals surface area contributed by atoms with Crippen LogP contribution in [0.3, 0.4) is 0 Å². The average Bonchev–Trinajstić information content (AvgIpc) is 3.09. The van der Waals surface area contributed by atoms with Crippen molar-refractivity contribution >= 4 is 17.0 Å². The number of piperidine rings is 1. The topological polar surface area (TPSA) is 91.7 Å². The zero-order valence-electron chi connectivity index (χ0n) is 15.9. The molecule has 1 aromatic carbocycles. The second-order valence-corrected chi connectivity index (χ2v) is 7.17. The standard InChI is InChI=1S/C20H25FN6O/c1-23-14-2-3-15(17(21)10-14)16-11-18(27-19(16)20(22)24-12-25-27)13-4-6-26(7-5-13)8-9-28/h2-3,10-13,23,28H,4-9H2,1H3,(H2,22,24,25). The molecule has 1 saturated heterocycles. The van der Waals surface area contributed by atoms with Crippen LogP contribution in [0.25, 0.3) is 16.6 Å². The summed E-state index contributed by atoms with van der Waals surface area (Å²) in [7, 11) is 1.76. The van der Waals surface area contributed by atoms with Crippen LogP contribution >= 0.6 is 0 Å². The van der Waals surface area contributed by atoms with Gasteiger partial charge in [-0.1, -0.05) is 0 Å². The maximum Gasteiger partial charge on any atom is 0.151 e. The van der Waals surface area contributed by atoms with E-state index in [4.69, 9.17) is 10.8 Å². The van der Waals surface area contributed by atoms with Crippen LogP contribution in [-0.4, -0.2) is 57.9 Å². The van der Waals surface area contributed by atoms with E-state index in [2.05, 4.69) is 20.3 Å². The minimum absolute atomic E-state index is 0.175. The molecular formula is C20H25FN6O. The summed E-state index contributed by atoms with van der Waals surface area (Å²) in [5, 5.41) is 16.5. The third-order valence-electron chi connectivity index (χ3n) is 5.58. The number of hydrogen-bond acceptors (Lipinski definition) is 6. The molecule has 2 aromatic heterocycles. The lowest BCUT2D eigenvalue weighted by atomic mass is 9.93. The number of nitrogen functional groups attached to an aromatic ring is 1. The number of aliphatic hydroxyl groups is 1. The van der Waals surface area contributed by atoms with Gasteiger partial charge >= 0.3 is 0 Å². The van der Waals surface area contributed by atoms with Gasteiger partial charge in [0.15, 0.2) is 5.82 Å². The van der Waals surface area contributed by atoms with Crippen LogP contribution in [-0.2, 0) is 0 Å². The molecule has 148 valence electrons. The summed E-state index contributed by atoms with van der Waals surface area (Å²) in [5.41, 5.74) is 9.75. The first-order valence-corrected chi connectivity index (χ1v) is 9.55. The van der Waals surface area contributed by atoms with E-state index in [-0.39, 0.29) is 12.4 Å². The molecular weight excluding hydrogens is 359 g/mol. The predicted molar refractivity (Wildman–Crippen MR) is 108 cm³/mol. The van der Waals surface area contributed by atoms with E-state index in [1.165, 1.54) is 12.4 Å². The monoisotopic (exact) mass is 384 g/mol. The summed E-state index contributed by atoms with van der Waals surface area (Å²) >= 11 is 0. The third kappa shape index (κ3) is 3.29. The molecule has 0 radical (unpaired) electrons. The molecule has 3 heterocycles. The minimum atomic E-state index is -0.313. The smallest absolute Gasteiger partial charge is 0.151 e. The number of aliphatic hydroxyl groups excluding tert-OH is 1.